The smallest absolute Gasteiger partial charge is 0.166 e. The Morgan fingerprint density at radius 1 is 1.19 bits per heavy atom. The van der Waals surface area contributed by atoms with E-state index in [4.69, 9.17) is 19.9 Å². The molecule has 0 amide bonds. The molecule has 0 spiro atoms. The molecule has 4 nitrogen and oxygen atoms in total. The van der Waals surface area contributed by atoms with Crippen LogP contribution in [0.25, 0.3) is 0 Å². The Morgan fingerprint density at radius 2 is 1.88 bits per heavy atom. The van der Waals surface area contributed by atoms with Gasteiger partial charge in [-0.15, -0.1) is 0 Å². The van der Waals surface area contributed by atoms with Crippen LogP contribution < -0.4 is 15.2 Å². The Hall–Kier alpha value is -1.26. The molecule has 0 aliphatic heterocycles. The molecule has 16 heavy (non-hydrogen) atoms. The highest BCUT2D eigenvalue weighted by atomic mass is 16.5. The number of nitrogens with two attached hydrogens (primary N) is 1. The van der Waals surface area contributed by atoms with Crippen molar-refractivity contribution in [2.45, 2.75) is 19.6 Å². The van der Waals surface area contributed by atoms with E-state index >= 15 is 0 Å². The number of benzene rings is 1. The fourth-order valence-corrected chi connectivity index (χ4v) is 1.59. The first-order valence-electron chi connectivity index (χ1n) is 5.13. The van der Waals surface area contributed by atoms with Crippen molar-refractivity contribution >= 4 is 0 Å². The van der Waals surface area contributed by atoms with Gasteiger partial charge in [0.05, 0.1) is 20.8 Å². The van der Waals surface area contributed by atoms with Crippen molar-refractivity contribution in [1.29, 1.82) is 0 Å². The van der Waals surface area contributed by atoms with Gasteiger partial charge in [-0.2, -0.15) is 0 Å². The van der Waals surface area contributed by atoms with Gasteiger partial charge in [0.1, 0.15) is 0 Å². The van der Waals surface area contributed by atoms with Gasteiger partial charge in [0.25, 0.3) is 0 Å². The van der Waals surface area contributed by atoms with E-state index in [0.717, 1.165) is 11.1 Å². The number of hydrogen-bond acceptors (Lipinski definition) is 4. The molecule has 1 unspecified atom stereocenters. The number of methoxy groups -OCH3 is 3. The molecule has 1 aromatic carbocycles. The Balaban J connectivity index is 3.25. The van der Waals surface area contributed by atoms with Crippen molar-refractivity contribution in [3.05, 3.63) is 23.3 Å². The molecular weight excluding hydrogens is 206 g/mol. The molecule has 0 saturated carbocycles. The standard InChI is InChI=1S/C12H19NO3/c1-8(13)9-5-10(7-14-2)12(16-4)11(6-9)15-3/h5-6,8H,7,13H2,1-4H3. The molecule has 0 bridgehead atoms. The molecule has 90 valence electrons. The van der Waals surface area contributed by atoms with Crippen molar-refractivity contribution in [2.75, 3.05) is 21.3 Å². The number of rotatable bonds is 5. The predicted molar refractivity (Wildman–Crippen MR) is 62.9 cm³/mol. The molecule has 4 heteroatoms. The van der Waals surface area contributed by atoms with Gasteiger partial charge < -0.3 is 19.9 Å². The first kappa shape index (κ1) is 12.8. The highest BCUT2D eigenvalue weighted by Crippen LogP contribution is 2.34. The van der Waals surface area contributed by atoms with Crippen LogP contribution in [0.5, 0.6) is 11.5 Å². The zero-order valence-corrected chi connectivity index (χ0v) is 10.2. The van der Waals surface area contributed by atoms with Crippen molar-refractivity contribution in [1.82, 2.24) is 0 Å². The summed E-state index contributed by atoms with van der Waals surface area (Å²) in [5.41, 5.74) is 7.80. The second-order valence-corrected chi connectivity index (χ2v) is 3.64. The van der Waals surface area contributed by atoms with Crippen LogP contribution in [0.15, 0.2) is 12.1 Å². The Bertz CT molecular complexity index is 350. The second kappa shape index (κ2) is 5.72. The van der Waals surface area contributed by atoms with E-state index in [1.54, 1.807) is 21.3 Å². The largest absolute Gasteiger partial charge is 0.493 e. The Morgan fingerprint density at radius 3 is 2.31 bits per heavy atom. The molecule has 0 radical (unpaired) electrons. The van der Waals surface area contributed by atoms with Crippen molar-refractivity contribution in [3.63, 3.8) is 0 Å². The van der Waals surface area contributed by atoms with E-state index in [9.17, 15) is 0 Å². The molecule has 0 heterocycles. The average molecular weight is 225 g/mol. The lowest BCUT2D eigenvalue weighted by Crippen LogP contribution is -2.07. The lowest BCUT2D eigenvalue weighted by atomic mass is 10.0. The molecule has 2 N–H and O–H groups in total. The number of hydrogen-bond donors (Lipinski definition) is 1. The highest BCUT2D eigenvalue weighted by Gasteiger charge is 2.13. The zero-order valence-electron chi connectivity index (χ0n) is 10.2. The molecule has 1 rings (SSSR count). The summed E-state index contributed by atoms with van der Waals surface area (Å²) in [6.45, 7) is 2.40. The quantitative estimate of drug-likeness (QED) is 0.831. The van der Waals surface area contributed by atoms with Crippen LogP contribution >= 0.6 is 0 Å². The van der Waals surface area contributed by atoms with Crippen LogP contribution in [0.1, 0.15) is 24.1 Å². The van der Waals surface area contributed by atoms with Crippen LogP contribution in [0.4, 0.5) is 0 Å². The van der Waals surface area contributed by atoms with Crippen molar-refractivity contribution in [3.8, 4) is 11.5 Å². The van der Waals surface area contributed by atoms with Crippen molar-refractivity contribution < 1.29 is 14.2 Å². The van der Waals surface area contributed by atoms with Crippen LogP contribution in [-0.4, -0.2) is 21.3 Å². The summed E-state index contributed by atoms with van der Waals surface area (Å²) in [6.07, 6.45) is 0. The molecule has 0 aliphatic carbocycles. The summed E-state index contributed by atoms with van der Waals surface area (Å²) < 4.78 is 15.7. The predicted octanol–water partition coefficient (Wildman–Crippen LogP) is 1.87. The summed E-state index contributed by atoms with van der Waals surface area (Å²) in [4.78, 5) is 0. The lowest BCUT2D eigenvalue weighted by molar-refractivity contribution is 0.180. The van der Waals surface area contributed by atoms with Gasteiger partial charge in [0, 0.05) is 18.7 Å². The summed E-state index contributed by atoms with van der Waals surface area (Å²) in [6, 6.07) is 3.83. The minimum Gasteiger partial charge on any atom is -0.493 e. The lowest BCUT2D eigenvalue weighted by Gasteiger charge is -2.16. The fourth-order valence-electron chi connectivity index (χ4n) is 1.59. The first-order chi connectivity index (χ1) is 7.63. The van der Waals surface area contributed by atoms with E-state index in [1.807, 2.05) is 19.1 Å². The van der Waals surface area contributed by atoms with Crippen LogP contribution in [-0.2, 0) is 11.3 Å². The topological polar surface area (TPSA) is 53.7 Å². The van der Waals surface area contributed by atoms with Gasteiger partial charge in [0.2, 0.25) is 0 Å². The maximum atomic E-state index is 5.86. The third kappa shape index (κ3) is 2.65. The molecular formula is C12H19NO3. The Labute approximate surface area is 96.3 Å². The van der Waals surface area contributed by atoms with Crippen LogP contribution in [0.3, 0.4) is 0 Å². The summed E-state index contributed by atoms with van der Waals surface area (Å²) in [5, 5.41) is 0. The van der Waals surface area contributed by atoms with Crippen LogP contribution in [0.2, 0.25) is 0 Å². The van der Waals surface area contributed by atoms with E-state index in [-0.39, 0.29) is 6.04 Å². The third-order valence-electron chi connectivity index (χ3n) is 2.40. The minimum absolute atomic E-state index is 0.0459. The summed E-state index contributed by atoms with van der Waals surface area (Å²) in [7, 11) is 4.87. The maximum absolute atomic E-state index is 5.86. The van der Waals surface area contributed by atoms with Crippen LogP contribution in [0, 0.1) is 0 Å². The van der Waals surface area contributed by atoms with Gasteiger partial charge in [-0.05, 0) is 24.6 Å². The van der Waals surface area contributed by atoms with E-state index in [0.29, 0.717) is 18.1 Å². The van der Waals surface area contributed by atoms with Gasteiger partial charge in [-0.3, -0.25) is 0 Å². The molecule has 0 aliphatic rings. The van der Waals surface area contributed by atoms with Gasteiger partial charge in [-0.1, -0.05) is 0 Å². The normalized spacial score (nSPS) is 12.3. The van der Waals surface area contributed by atoms with Crippen molar-refractivity contribution in [2.24, 2.45) is 5.73 Å². The molecule has 0 saturated heterocycles. The number of ether oxygens (including phenoxy) is 3. The van der Waals surface area contributed by atoms with E-state index in [2.05, 4.69) is 0 Å². The zero-order chi connectivity index (χ0) is 12.1. The highest BCUT2D eigenvalue weighted by molar-refractivity contribution is 5.50. The van der Waals surface area contributed by atoms with Gasteiger partial charge >= 0.3 is 0 Å². The SMILES string of the molecule is COCc1cc(C(C)N)cc(OC)c1OC. The first-order valence-corrected chi connectivity index (χ1v) is 5.13. The van der Waals surface area contributed by atoms with Gasteiger partial charge in [0.15, 0.2) is 11.5 Å². The second-order valence-electron chi connectivity index (χ2n) is 3.64. The molecule has 1 atom stereocenters. The summed E-state index contributed by atoms with van der Waals surface area (Å²) >= 11 is 0. The van der Waals surface area contributed by atoms with E-state index < -0.39 is 0 Å². The molecule has 0 fully saturated rings. The molecule has 0 aromatic heterocycles. The monoisotopic (exact) mass is 225 g/mol. The fraction of sp³-hybridized carbons (Fsp3) is 0.500. The van der Waals surface area contributed by atoms with E-state index in [1.165, 1.54) is 0 Å². The minimum atomic E-state index is -0.0459. The Kier molecular flexibility index (Phi) is 4.58. The van der Waals surface area contributed by atoms with Gasteiger partial charge in [-0.25, -0.2) is 0 Å². The molecule has 1 aromatic rings. The third-order valence-corrected chi connectivity index (χ3v) is 2.40. The maximum Gasteiger partial charge on any atom is 0.166 e. The summed E-state index contributed by atoms with van der Waals surface area (Å²) in [5.74, 6) is 1.39. The average Bonchev–Trinajstić information content (AvgIpc) is 2.28.